The first-order chi connectivity index (χ1) is 11.5. The van der Waals surface area contributed by atoms with Crippen LogP contribution in [0.2, 0.25) is 0 Å². The van der Waals surface area contributed by atoms with Gasteiger partial charge in [-0.15, -0.1) is 11.3 Å². The van der Waals surface area contributed by atoms with Crippen molar-refractivity contribution in [2.75, 3.05) is 26.7 Å². The predicted octanol–water partition coefficient (Wildman–Crippen LogP) is 1.61. The zero-order valence-electron chi connectivity index (χ0n) is 14.0. The van der Waals surface area contributed by atoms with Gasteiger partial charge in [0.2, 0.25) is 11.8 Å². The zero-order valence-corrected chi connectivity index (χ0v) is 14.8. The molecule has 0 aromatic carbocycles. The molecule has 3 rings (SSSR count). The van der Waals surface area contributed by atoms with Crippen molar-refractivity contribution in [3.05, 3.63) is 21.9 Å². The van der Waals surface area contributed by atoms with Crippen LogP contribution < -0.4 is 0 Å². The van der Waals surface area contributed by atoms with Gasteiger partial charge < -0.3 is 14.5 Å². The normalized spacial score (nSPS) is 21.3. The van der Waals surface area contributed by atoms with E-state index in [0.29, 0.717) is 32.5 Å². The quantitative estimate of drug-likeness (QED) is 0.760. The van der Waals surface area contributed by atoms with Crippen molar-refractivity contribution in [1.29, 1.82) is 0 Å². The number of hydrogen-bond donors (Lipinski definition) is 0. The maximum Gasteiger partial charge on any atom is 0.333 e. The Morgan fingerprint density at radius 2 is 1.92 bits per heavy atom. The standard InChI is InChI=1S/C17H22N2O4S/c1-11(20)18-7-3-12(4-8-18)16(21)19-9-5-14-13(6-10-24-14)15(19)17(22)23-2/h6,10,12,15H,3-5,7-9H2,1-2H3. The number of likely N-dealkylation sites (tertiary alicyclic amines) is 1. The van der Waals surface area contributed by atoms with E-state index in [9.17, 15) is 14.4 Å². The molecule has 1 saturated heterocycles. The van der Waals surface area contributed by atoms with E-state index in [-0.39, 0.29) is 23.7 Å². The molecule has 1 fully saturated rings. The van der Waals surface area contributed by atoms with Crippen LogP contribution in [0.1, 0.15) is 36.2 Å². The van der Waals surface area contributed by atoms with Crippen LogP contribution in [-0.2, 0) is 25.5 Å². The van der Waals surface area contributed by atoms with Crippen molar-refractivity contribution in [3.8, 4) is 0 Å². The number of carbonyl (C=O) groups is 3. The predicted molar refractivity (Wildman–Crippen MR) is 89.5 cm³/mol. The average Bonchev–Trinajstić information content (AvgIpc) is 3.08. The summed E-state index contributed by atoms with van der Waals surface area (Å²) in [5.74, 6) is -0.462. The fourth-order valence-corrected chi connectivity index (χ4v) is 4.50. The lowest BCUT2D eigenvalue weighted by atomic mass is 9.92. The molecule has 0 N–H and O–H groups in total. The van der Waals surface area contributed by atoms with E-state index in [1.807, 2.05) is 11.4 Å². The van der Waals surface area contributed by atoms with Crippen LogP contribution in [0.3, 0.4) is 0 Å². The summed E-state index contributed by atoms with van der Waals surface area (Å²) >= 11 is 1.62. The summed E-state index contributed by atoms with van der Waals surface area (Å²) in [6, 6.07) is 1.28. The van der Waals surface area contributed by atoms with Crippen LogP contribution in [-0.4, -0.2) is 54.3 Å². The minimum Gasteiger partial charge on any atom is -0.467 e. The maximum absolute atomic E-state index is 13.0. The second kappa shape index (κ2) is 6.93. The molecule has 0 aliphatic carbocycles. The van der Waals surface area contributed by atoms with Crippen LogP contribution in [0.25, 0.3) is 0 Å². The molecule has 0 radical (unpaired) electrons. The zero-order chi connectivity index (χ0) is 17.3. The Morgan fingerprint density at radius 3 is 2.54 bits per heavy atom. The molecule has 130 valence electrons. The summed E-state index contributed by atoms with van der Waals surface area (Å²) in [6.07, 6.45) is 2.08. The topological polar surface area (TPSA) is 66.9 Å². The lowest BCUT2D eigenvalue weighted by molar-refractivity contribution is -0.156. The van der Waals surface area contributed by atoms with Gasteiger partial charge in [0, 0.05) is 37.4 Å². The summed E-state index contributed by atoms with van der Waals surface area (Å²) in [6.45, 7) is 3.30. The molecule has 1 aromatic heterocycles. The van der Waals surface area contributed by atoms with Crippen LogP contribution in [0.5, 0.6) is 0 Å². The Bertz CT molecular complexity index is 649. The van der Waals surface area contributed by atoms with Gasteiger partial charge in [-0.2, -0.15) is 0 Å². The van der Waals surface area contributed by atoms with Crippen molar-refractivity contribution in [1.82, 2.24) is 9.80 Å². The number of carbonyl (C=O) groups excluding carboxylic acids is 3. The van der Waals surface area contributed by atoms with Gasteiger partial charge in [-0.3, -0.25) is 9.59 Å². The number of nitrogens with zero attached hydrogens (tertiary/aromatic N) is 2. The number of fused-ring (bicyclic) bond motifs is 1. The molecule has 1 unspecified atom stereocenters. The van der Waals surface area contributed by atoms with E-state index in [2.05, 4.69) is 0 Å². The molecular formula is C17H22N2O4S. The molecule has 0 bridgehead atoms. The van der Waals surface area contributed by atoms with E-state index in [0.717, 1.165) is 16.9 Å². The van der Waals surface area contributed by atoms with Gasteiger partial charge in [-0.25, -0.2) is 4.79 Å². The number of methoxy groups -OCH3 is 1. The molecule has 1 atom stereocenters. The molecule has 2 aliphatic heterocycles. The molecule has 0 spiro atoms. The molecular weight excluding hydrogens is 328 g/mol. The maximum atomic E-state index is 13.0. The second-order valence-electron chi connectivity index (χ2n) is 6.29. The van der Waals surface area contributed by atoms with E-state index >= 15 is 0 Å². The lowest BCUT2D eigenvalue weighted by Gasteiger charge is -2.38. The van der Waals surface area contributed by atoms with Gasteiger partial charge in [-0.1, -0.05) is 0 Å². The summed E-state index contributed by atoms with van der Waals surface area (Å²) in [7, 11) is 1.36. The highest BCUT2D eigenvalue weighted by atomic mass is 32.1. The Hall–Kier alpha value is -1.89. The van der Waals surface area contributed by atoms with Crippen LogP contribution in [0.15, 0.2) is 11.4 Å². The van der Waals surface area contributed by atoms with Gasteiger partial charge in [0.25, 0.3) is 0 Å². The van der Waals surface area contributed by atoms with Crippen LogP contribution in [0.4, 0.5) is 0 Å². The van der Waals surface area contributed by atoms with E-state index in [4.69, 9.17) is 4.74 Å². The lowest BCUT2D eigenvalue weighted by Crippen LogP contribution is -2.48. The molecule has 7 heteroatoms. The smallest absolute Gasteiger partial charge is 0.333 e. The molecule has 2 aliphatic rings. The third-order valence-electron chi connectivity index (χ3n) is 4.96. The summed E-state index contributed by atoms with van der Waals surface area (Å²) in [5, 5.41) is 1.96. The Kier molecular flexibility index (Phi) is 4.89. The van der Waals surface area contributed by atoms with E-state index in [1.54, 1.807) is 28.1 Å². The van der Waals surface area contributed by atoms with Crippen molar-refractivity contribution in [2.24, 2.45) is 5.92 Å². The fourth-order valence-electron chi connectivity index (χ4n) is 3.60. The second-order valence-corrected chi connectivity index (χ2v) is 7.29. The molecule has 0 saturated carbocycles. The minimum atomic E-state index is -0.636. The summed E-state index contributed by atoms with van der Waals surface area (Å²) in [5.41, 5.74) is 0.896. The van der Waals surface area contributed by atoms with Crippen molar-refractivity contribution < 1.29 is 19.1 Å². The molecule has 2 amide bonds. The SMILES string of the molecule is COC(=O)C1c2ccsc2CCN1C(=O)C1CCN(C(C)=O)CC1. The molecule has 6 nitrogen and oxygen atoms in total. The van der Waals surface area contributed by atoms with Crippen LogP contribution >= 0.6 is 11.3 Å². The fraction of sp³-hybridized carbons (Fsp3) is 0.588. The highest BCUT2D eigenvalue weighted by molar-refractivity contribution is 7.10. The number of ether oxygens (including phenoxy) is 1. The molecule has 24 heavy (non-hydrogen) atoms. The molecule has 3 heterocycles. The first kappa shape index (κ1) is 17.0. The average molecular weight is 350 g/mol. The number of piperidine rings is 1. The Morgan fingerprint density at radius 1 is 1.21 bits per heavy atom. The monoisotopic (exact) mass is 350 g/mol. The third-order valence-corrected chi connectivity index (χ3v) is 5.96. The number of amides is 2. The summed E-state index contributed by atoms with van der Waals surface area (Å²) in [4.78, 5) is 41.3. The highest BCUT2D eigenvalue weighted by Gasteiger charge is 2.40. The van der Waals surface area contributed by atoms with E-state index in [1.165, 1.54) is 7.11 Å². The van der Waals surface area contributed by atoms with Gasteiger partial charge in [0.05, 0.1) is 7.11 Å². The minimum absolute atomic E-state index is 0.00505. The number of rotatable bonds is 2. The summed E-state index contributed by atoms with van der Waals surface area (Å²) < 4.78 is 4.95. The van der Waals surface area contributed by atoms with Gasteiger partial charge in [0.15, 0.2) is 6.04 Å². The van der Waals surface area contributed by atoms with Gasteiger partial charge in [-0.05, 0) is 36.3 Å². The van der Waals surface area contributed by atoms with Crippen molar-refractivity contribution in [3.63, 3.8) is 0 Å². The highest BCUT2D eigenvalue weighted by Crippen LogP contribution is 2.36. The van der Waals surface area contributed by atoms with E-state index < -0.39 is 6.04 Å². The molecule has 1 aromatic rings. The Labute approximate surface area is 145 Å². The number of thiophene rings is 1. The van der Waals surface area contributed by atoms with Crippen molar-refractivity contribution in [2.45, 2.75) is 32.2 Å². The first-order valence-electron chi connectivity index (χ1n) is 8.23. The van der Waals surface area contributed by atoms with Crippen LogP contribution in [0, 0.1) is 5.92 Å². The largest absolute Gasteiger partial charge is 0.467 e. The van der Waals surface area contributed by atoms with Crippen molar-refractivity contribution >= 4 is 29.1 Å². The Balaban J connectivity index is 1.77. The number of hydrogen-bond acceptors (Lipinski definition) is 5. The first-order valence-corrected chi connectivity index (χ1v) is 9.11. The third kappa shape index (κ3) is 3.05. The number of esters is 1. The van der Waals surface area contributed by atoms with Gasteiger partial charge >= 0.3 is 5.97 Å². The van der Waals surface area contributed by atoms with Gasteiger partial charge in [0.1, 0.15) is 0 Å².